The highest BCUT2D eigenvalue weighted by atomic mass is 79.9. The first kappa shape index (κ1) is 13.1. The van der Waals surface area contributed by atoms with Gasteiger partial charge in [0.25, 0.3) is 0 Å². The molecule has 1 aromatic heterocycles. The number of hydrogen-bond donors (Lipinski definition) is 1. The van der Waals surface area contributed by atoms with E-state index in [1.54, 1.807) is 17.0 Å². The van der Waals surface area contributed by atoms with Gasteiger partial charge < -0.3 is 5.73 Å². The summed E-state index contributed by atoms with van der Waals surface area (Å²) < 4.78 is 2.39. The SMILES string of the molecule is C=CCC(N)C(=O)c1c(Br)cnn1CCC. The summed E-state index contributed by atoms with van der Waals surface area (Å²) in [5, 5.41) is 4.14. The fourth-order valence-corrected chi connectivity index (χ4v) is 1.94. The van der Waals surface area contributed by atoms with E-state index >= 15 is 0 Å². The molecule has 1 rings (SSSR count). The standard InChI is InChI=1S/C11H16BrN3O/c1-3-5-9(13)11(16)10-8(12)7-14-15(10)6-4-2/h3,7,9H,1,4-6,13H2,2H3. The molecule has 0 aliphatic rings. The zero-order valence-electron chi connectivity index (χ0n) is 9.32. The van der Waals surface area contributed by atoms with Crippen molar-refractivity contribution in [2.75, 3.05) is 0 Å². The smallest absolute Gasteiger partial charge is 0.198 e. The van der Waals surface area contributed by atoms with Gasteiger partial charge >= 0.3 is 0 Å². The summed E-state index contributed by atoms with van der Waals surface area (Å²) in [6.45, 7) is 6.33. The number of rotatable bonds is 6. The van der Waals surface area contributed by atoms with Gasteiger partial charge in [-0.05, 0) is 28.8 Å². The molecule has 1 aromatic rings. The maximum absolute atomic E-state index is 12.0. The number of Topliss-reactive ketones (excluding diaryl/α,β-unsaturated/α-hetero) is 1. The monoisotopic (exact) mass is 285 g/mol. The van der Waals surface area contributed by atoms with Crippen molar-refractivity contribution in [1.29, 1.82) is 0 Å². The third-order valence-electron chi connectivity index (χ3n) is 2.22. The van der Waals surface area contributed by atoms with Crippen molar-refractivity contribution in [3.8, 4) is 0 Å². The van der Waals surface area contributed by atoms with E-state index in [1.807, 2.05) is 6.92 Å². The normalized spacial score (nSPS) is 12.4. The molecule has 0 aliphatic carbocycles. The molecule has 0 bridgehead atoms. The first-order chi connectivity index (χ1) is 7.61. The number of aromatic nitrogens is 2. The predicted octanol–water partition coefficient (Wildman–Crippen LogP) is 2.14. The maximum Gasteiger partial charge on any atom is 0.198 e. The first-order valence-electron chi connectivity index (χ1n) is 5.23. The Morgan fingerprint density at radius 1 is 1.81 bits per heavy atom. The Balaban J connectivity index is 2.96. The third-order valence-corrected chi connectivity index (χ3v) is 2.80. The van der Waals surface area contributed by atoms with Crippen LogP contribution in [0.3, 0.4) is 0 Å². The molecule has 0 radical (unpaired) electrons. The van der Waals surface area contributed by atoms with Gasteiger partial charge in [0, 0.05) is 6.54 Å². The van der Waals surface area contributed by atoms with Crippen molar-refractivity contribution in [3.05, 3.63) is 29.0 Å². The van der Waals surface area contributed by atoms with Crippen molar-refractivity contribution >= 4 is 21.7 Å². The van der Waals surface area contributed by atoms with E-state index in [0.29, 0.717) is 23.1 Å². The van der Waals surface area contributed by atoms with Crippen LogP contribution in [0.2, 0.25) is 0 Å². The summed E-state index contributed by atoms with van der Waals surface area (Å²) in [4.78, 5) is 12.0. The van der Waals surface area contributed by atoms with E-state index < -0.39 is 6.04 Å². The summed E-state index contributed by atoms with van der Waals surface area (Å²) in [6.07, 6.45) is 4.67. The molecule has 1 atom stereocenters. The van der Waals surface area contributed by atoms with Gasteiger partial charge in [0.15, 0.2) is 5.78 Å². The average Bonchev–Trinajstić information content (AvgIpc) is 2.60. The van der Waals surface area contributed by atoms with Crippen LogP contribution in [0.5, 0.6) is 0 Å². The van der Waals surface area contributed by atoms with Gasteiger partial charge in [-0.1, -0.05) is 13.0 Å². The van der Waals surface area contributed by atoms with Gasteiger partial charge in [-0.25, -0.2) is 0 Å². The van der Waals surface area contributed by atoms with Gasteiger partial charge in [-0.2, -0.15) is 5.10 Å². The van der Waals surface area contributed by atoms with E-state index in [2.05, 4.69) is 27.6 Å². The van der Waals surface area contributed by atoms with Gasteiger partial charge in [0.1, 0.15) is 5.69 Å². The summed E-state index contributed by atoms with van der Waals surface area (Å²) >= 11 is 3.32. The molecule has 5 heteroatoms. The van der Waals surface area contributed by atoms with Crippen LogP contribution in [0.4, 0.5) is 0 Å². The molecule has 0 amide bonds. The summed E-state index contributed by atoms with van der Waals surface area (Å²) in [7, 11) is 0. The Bertz CT molecular complexity index is 387. The molecule has 0 aliphatic heterocycles. The van der Waals surface area contributed by atoms with E-state index in [9.17, 15) is 4.79 Å². The minimum absolute atomic E-state index is 0.0993. The number of nitrogens with two attached hydrogens (primary N) is 1. The fraction of sp³-hybridized carbons (Fsp3) is 0.455. The van der Waals surface area contributed by atoms with E-state index in [-0.39, 0.29) is 5.78 Å². The first-order valence-corrected chi connectivity index (χ1v) is 6.03. The average molecular weight is 286 g/mol. The van der Waals surface area contributed by atoms with E-state index in [0.717, 1.165) is 6.42 Å². The number of aryl methyl sites for hydroxylation is 1. The molecule has 1 heterocycles. The lowest BCUT2D eigenvalue weighted by atomic mass is 10.1. The van der Waals surface area contributed by atoms with Crippen LogP contribution in [0.15, 0.2) is 23.3 Å². The lowest BCUT2D eigenvalue weighted by Crippen LogP contribution is -2.32. The van der Waals surface area contributed by atoms with Gasteiger partial charge in [0.05, 0.1) is 16.7 Å². The minimum Gasteiger partial charge on any atom is -0.321 e. The van der Waals surface area contributed by atoms with Crippen LogP contribution < -0.4 is 5.73 Å². The highest BCUT2D eigenvalue weighted by molar-refractivity contribution is 9.10. The Morgan fingerprint density at radius 3 is 3.06 bits per heavy atom. The molecule has 0 aromatic carbocycles. The number of carbonyl (C=O) groups is 1. The van der Waals surface area contributed by atoms with Crippen LogP contribution >= 0.6 is 15.9 Å². The molecule has 1 unspecified atom stereocenters. The second-order valence-electron chi connectivity index (χ2n) is 3.56. The second kappa shape index (κ2) is 5.96. The molecule has 0 fully saturated rings. The molecule has 4 nitrogen and oxygen atoms in total. The van der Waals surface area contributed by atoms with E-state index in [1.165, 1.54) is 0 Å². The Hall–Kier alpha value is -0.940. The zero-order valence-corrected chi connectivity index (χ0v) is 10.9. The quantitative estimate of drug-likeness (QED) is 0.644. The van der Waals surface area contributed by atoms with Crippen molar-refractivity contribution in [2.24, 2.45) is 5.73 Å². The van der Waals surface area contributed by atoms with Crippen molar-refractivity contribution < 1.29 is 4.79 Å². The molecular formula is C11H16BrN3O. The summed E-state index contributed by atoms with van der Waals surface area (Å²) in [6, 6.07) is -0.541. The number of hydrogen-bond acceptors (Lipinski definition) is 3. The highest BCUT2D eigenvalue weighted by Crippen LogP contribution is 2.18. The number of nitrogens with zero attached hydrogens (tertiary/aromatic N) is 2. The van der Waals surface area contributed by atoms with Crippen molar-refractivity contribution in [3.63, 3.8) is 0 Å². The summed E-state index contributed by atoms with van der Waals surface area (Å²) in [5.41, 5.74) is 6.32. The Labute approximate surface area is 104 Å². The molecule has 0 saturated heterocycles. The van der Waals surface area contributed by atoms with Crippen LogP contribution in [0.1, 0.15) is 30.3 Å². The fourth-order valence-electron chi connectivity index (χ4n) is 1.45. The second-order valence-corrected chi connectivity index (χ2v) is 4.41. The predicted molar refractivity (Wildman–Crippen MR) is 67.3 cm³/mol. The maximum atomic E-state index is 12.0. The molecule has 0 spiro atoms. The van der Waals surface area contributed by atoms with Crippen molar-refractivity contribution in [2.45, 2.75) is 32.4 Å². The lowest BCUT2D eigenvalue weighted by molar-refractivity contribution is 0.0950. The van der Waals surface area contributed by atoms with Gasteiger partial charge in [0.2, 0.25) is 0 Å². The van der Waals surface area contributed by atoms with Crippen LogP contribution in [0, 0.1) is 0 Å². The van der Waals surface area contributed by atoms with Crippen LogP contribution in [-0.2, 0) is 6.54 Å². The Morgan fingerprint density at radius 2 is 2.50 bits per heavy atom. The summed E-state index contributed by atoms with van der Waals surface area (Å²) in [5.74, 6) is -0.0993. The molecular weight excluding hydrogens is 270 g/mol. The molecule has 16 heavy (non-hydrogen) atoms. The number of halogens is 1. The topological polar surface area (TPSA) is 60.9 Å². The Kier molecular flexibility index (Phi) is 4.89. The highest BCUT2D eigenvalue weighted by Gasteiger charge is 2.21. The van der Waals surface area contributed by atoms with E-state index in [4.69, 9.17) is 5.73 Å². The number of carbonyl (C=O) groups excluding carboxylic acids is 1. The third kappa shape index (κ3) is 2.80. The number of ketones is 1. The molecule has 0 saturated carbocycles. The molecule has 88 valence electrons. The van der Waals surface area contributed by atoms with Crippen molar-refractivity contribution in [1.82, 2.24) is 9.78 Å². The van der Waals surface area contributed by atoms with Gasteiger partial charge in [-0.3, -0.25) is 9.48 Å². The lowest BCUT2D eigenvalue weighted by Gasteiger charge is -2.10. The largest absolute Gasteiger partial charge is 0.321 e. The molecule has 2 N–H and O–H groups in total. The van der Waals surface area contributed by atoms with Crippen LogP contribution in [0.25, 0.3) is 0 Å². The van der Waals surface area contributed by atoms with Gasteiger partial charge in [-0.15, -0.1) is 6.58 Å². The minimum atomic E-state index is -0.541. The zero-order chi connectivity index (χ0) is 12.1. The van der Waals surface area contributed by atoms with Crippen LogP contribution in [-0.4, -0.2) is 21.6 Å².